The summed E-state index contributed by atoms with van der Waals surface area (Å²) in [4.78, 5) is 10.8. The van der Waals surface area contributed by atoms with E-state index in [9.17, 15) is 13.2 Å². The number of rotatable bonds is 3. The fourth-order valence-electron chi connectivity index (χ4n) is 1.53. The van der Waals surface area contributed by atoms with Crippen LogP contribution in [0, 0.1) is 0 Å². The molecule has 0 bridgehead atoms. The first-order valence-corrected chi connectivity index (χ1v) is 5.84. The maximum absolute atomic E-state index is 11.7. The number of carbonyl (C=O) groups is 1. The lowest BCUT2D eigenvalue weighted by atomic mass is 10.2. The predicted octanol–water partition coefficient (Wildman–Crippen LogP) is -1.72. The van der Waals surface area contributed by atoms with Gasteiger partial charge >= 0.3 is 5.97 Å². The molecule has 0 aromatic heterocycles. The highest BCUT2D eigenvalue weighted by atomic mass is 32.2. The summed E-state index contributed by atoms with van der Waals surface area (Å²) in [6.07, 6.45) is 0.155. The fraction of sp³-hybridized carbons (Fsp3) is 0.857. The van der Waals surface area contributed by atoms with Gasteiger partial charge in [0.1, 0.15) is 6.04 Å². The van der Waals surface area contributed by atoms with Gasteiger partial charge in [0.25, 0.3) is 10.2 Å². The molecule has 0 spiro atoms. The summed E-state index contributed by atoms with van der Waals surface area (Å²) in [5, 5.41) is 8.87. The Morgan fingerprint density at radius 3 is 2.47 bits per heavy atom. The average molecular weight is 237 g/mol. The predicted molar refractivity (Wildman–Crippen MR) is 53.3 cm³/mol. The van der Waals surface area contributed by atoms with Crippen molar-refractivity contribution in [2.45, 2.75) is 18.5 Å². The molecule has 0 amide bonds. The molecule has 88 valence electrons. The first-order chi connectivity index (χ1) is 6.76. The molecule has 1 saturated heterocycles. The summed E-state index contributed by atoms with van der Waals surface area (Å²) < 4.78 is 25.4. The molecule has 8 heteroatoms. The topological polar surface area (TPSA) is 104 Å². The summed E-state index contributed by atoms with van der Waals surface area (Å²) in [6, 6.07) is -1.46. The highest BCUT2D eigenvalue weighted by Crippen LogP contribution is 2.21. The number of aliphatic carboxylic acids is 1. The number of hydrogen-bond acceptors (Lipinski definition) is 4. The lowest BCUT2D eigenvalue weighted by Crippen LogP contribution is -2.46. The second-order valence-corrected chi connectivity index (χ2v) is 5.80. The Labute approximate surface area is 88.6 Å². The van der Waals surface area contributed by atoms with Crippen molar-refractivity contribution in [3.8, 4) is 0 Å². The van der Waals surface area contributed by atoms with E-state index in [4.69, 9.17) is 10.8 Å². The quantitative estimate of drug-likeness (QED) is 0.607. The molecule has 3 N–H and O–H groups in total. The van der Waals surface area contributed by atoms with Gasteiger partial charge in [-0.15, -0.1) is 0 Å². The molecular formula is C7H15N3O4S. The Balaban J connectivity index is 2.99. The van der Waals surface area contributed by atoms with Crippen molar-refractivity contribution in [3.63, 3.8) is 0 Å². The molecule has 2 unspecified atom stereocenters. The van der Waals surface area contributed by atoms with E-state index in [-0.39, 0.29) is 13.0 Å². The van der Waals surface area contributed by atoms with Crippen LogP contribution in [0.3, 0.4) is 0 Å². The van der Waals surface area contributed by atoms with Crippen molar-refractivity contribution >= 4 is 16.2 Å². The van der Waals surface area contributed by atoms with E-state index in [0.717, 1.165) is 8.61 Å². The van der Waals surface area contributed by atoms with E-state index >= 15 is 0 Å². The standard InChI is InChI=1S/C7H15N3O4S/c1-9(2)15(13,14)10-4-5(8)3-6(10)7(11)12/h5-6H,3-4,8H2,1-2H3,(H,11,12). The van der Waals surface area contributed by atoms with Crippen molar-refractivity contribution in [1.29, 1.82) is 0 Å². The third kappa shape index (κ3) is 2.28. The Morgan fingerprint density at radius 2 is 2.07 bits per heavy atom. The minimum Gasteiger partial charge on any atom is -0.480 e. The largest absolute Gasteiger partial charge is 0.480 e. The van der Waals surface area contributed by atoms with Crippen LogP contribution < -0.4 is 5.73 Å². The van der Waals surface area contributed by atoms with Crippen LogP contribution in [0.5, 0.6) is 0 Å². The van der Waals surface area contributed by atoms with Crippen LogP contribution in [0.15, 0.2) is 0 Å². The van der Waals surface area contributed by atoms with Crippen molar-refractivity contribution in [2.24, 2.45) is 5.73 Å². The lowest BCUT2D eigenvalue weighted by molar-refractivity contribution is -0.140. The summed E-state index contributed by atoms with van der Waals surface area (Å²) in [6.45, 7) is 0.0531. The minimum absolute atomic E-state index is 0.0531. The zero-order valence-electron chi connectivity index (χ0n) is 8.62. The Kier molecular flexibility index (Phi) is 3.34. The zero-order valence-corrected chi connectivity index (χ0v) is 9.44. The molecule has 0 aromatic carbocycles. The second kappa shape index (κ2) is 4.05. The van der Waals surface area contributed by atoms with Gasteiger partial charge in [0.2, 0.25) is 0 Å². The first kappa shape index (κ1) is 12.4. The van der Waals surface area contributed by atoms with Crippen LogP contribution in [0.25, 0.3) is 0 Å². The Bertz CT molecular complexity index is 353. The molecule has 7 nitrogen and oxygen atoms in total. The lowest BCUT2D eigenvalue weighted by Gasteiger charge is -2.24. The number of carboxylic acid groups (broad SMARTS) is 1. The van der Waals surface area contributed by atoms with Gasteiger partial charge in [0, 0.05) is 26.7 Å². The van der Waals surface area contributed by atoms with Crippen LogP contribution in [0.1, 0.15) is 6.42 Å². The average Bonchev–Trinajstić information content (AvgIpc) is 2.47. The van der Waals surface area contributed by atoms with Crippen molar-refractivity contribution in [3.05, 3.63) is 0 Å². The molecule has 0 aromatic rings. The van der Waals surface area contributed by atoms with E-state index in [1.807, 2.05) is 0 Å². The minimum atomic E-state index is -3.70. The second-order valence-electron chi connectivity index (χ2n) is 3.71. The van der Waals surface area contributed by atoms with Crippen LogP contribution in [-0.4, -0.2) is 60.8 Å². The van der Waals surface area contributed by atoms with E-state index < -0.39 is 28.3 Å². The molecule has 0 aliphatic carbocycles. The van der Waals surface area contributed by atoms with Gasteiger partial charge in [-0.1, -0.05) is 0 Å². The zero-order chi connectivity index (χ0) is 11.8. The van der Waals surface area contributed by atoms with Crippen LogP contribution in [0.2, 0.25) is 0 Å². The maximum atomic E-state index is 11.7. The molecule has 0 radical (unpaired) electrons. The van der Waals surface area contributed by atoms with Gasteiger partial charge in [0.15, 0.2) is 0 Å². The summed E-state index contributed by atoms with van der Waals surface area (Å²) in [5.41, 5.74) is 5.56. The van der Waals surface area contributed by atoms with Gasteiger partial charge < -0.3 is 10.8 Å². The molecule has 1 fully saturated rings. The highest BCUT2D eigenvalue weighted by Gasteiger charge is 2.43. The van der Waals surface area contributed by atoms with Crippen LogP contribution in [-0.2, 0) is 15.0 Å². The van der Waals surface area contributed by atoms with E-state index in [0.29, 0.717) is 0 Å². The number of carboxylic acids is 1. The van der Waals surface area contributed by atoms with E-state index in [1.54, 1.807) is 0 Å². The third-order valence-corrected chi connectivity index (χ3v) is 4.25. The summed E-state index contributed by atoms with van der Waals surface area (Å²) in [7, 11) is -0.979. The molecule has 15 heavy (non-hydrogen) atoms. The smallest absolute Gasteiger partial charge is 0.322 e. The molecule has 1 aliphatic rings. The fourth-order valence-corrected chi connectivity index (χ4v) is 2.82. The molecule has 0 saturated carbocycles. The molecular weight excluding hydrogens is 222 g/mol. The van der Waals surface area contributed by atoms with E-state index in [1.165, 1.54) is 14.1 Å². The Hall–Kier alpha value is -0.700. The monoisotopic (exact) mass is 237 g/mol. The van der Waals surface area contributed by atoms with Crippen LogP contribution in [0.4, 0.5) is 0 Å². The summed E-state index contributed by atoms with van der Waals surface area (Å²) >= 11 is 0. The van der Waals surface area contributed by atoms with Crippen molar-refractivity contribution in [2.75, 3.05) is 20.6 Å². The Morgan fingerprint density at radius 1 is 1.53 bits per heavy atom. The number of nitrogens with zero attached hydrogens (tertiary/aromatic N) is 2. The van der Waals surface area contributed by atoms with Gasteiger partial charge in [-0.3, -0.25) is 4.79 Å². The number of hydrogen-bond donors (Lipinski definition) is 2. The van der Waals surface area contributed by atoms with Crippen molar-refractivity contribution in [1.82, 2.24) is 8.61 Å². The highest BCUT2D eigenvalue weighted by molar-refractivity contribution is 7.86. The molecule has 1 heterocycles. The van der Waals surface area contributed by atoms with Gasteiger partial charge in [-0.05, 0) is 6.42 Å². The van der Waals surface area contributed by atoms with Crippen molar-refractivity contribution < 1.29 is 18.3 Å². The molecule has 2 atom stereocenters. The number of nitrogens with two attached hydrogens (primary N) is 1. The third-order valence-electron chi connectivity index (χ3n) is 2.33. The normalized spacial score (nSPS) is 28.5. The molecule has 1 rings (SSSR count). The van der Waals surface area contributed by atoms with Gasteiger partial charge in [-0.2, -0.15) is 17.0 Å². The summed E-state index contributed by atoms with van der Waals surface area (Å²) in [5.74, 6) is -1.16. The van der Waals surface area contributed by atoms with Gasteiger partial charge in [-0.25, -0.2) is 0 Å². The first-order valence-electron chi connectivity index (χ1n) is 4.44. The molecule has 1 aliphatic heterocycles. The van der Waals surface area contributed by atoms with Crippen LogP contribution >= 0.6 is 0 Å². The maximum Gasteiger partial charge on any atom is 0.322 e. The SMILES string of the molecule is CN(C)S(=O)(=O)N1CC(N)CC1C(=O)O. The van der Waals surface area contributed by atoms with Gasteiger partial charge in [0.05, 0.1) is 0 Å². The van der Waals surface area contributed by atoms with E-state index in [2.05, 4.69) is 0 Å².